The zero-order valence-electron chi connectivity index (χ0n) is 15.2. The van der Waals surface area contributed by atoms with E-state index in [9.17, 15) is 0 Å². The average Bonchev–Trinajstić information content (AvgIpc) is 2.50. The van der Waals surface area contributed by atoms with Crippen LogP contribution in [0, 0.1) is 6.92 Å². The molecule has 130 valence electrons. The smallest absolute Gasteiger partial charge is 0.159 e. The van der Waals surface area contributed by atoms with E-state index in [2.05, 4.69) is 31.0 Å². The molecule has 0 unspecified atom stereocenters. The van der Waals surface area contributed by atoms with E-state index in [1.54, 1.807) is 7.11 Å². The number of methoxy groups -OCH3 is 1. The molecule has 4 heteroatoms. The summed E-state index contributed by atoms with van der Waals surface area (Å²) in [5, 5.41) is 3.41. The SMILES string of the molecule is C=C(OCC)C(C)(C)Oc1ccc(CNCCCOC)cc1C. The Morgan fingerprint density at radius 3 is 2.65 bits per heavy atom. The number of ether oxygens (including phenoxy) is 3. The van der Waals surface area contributed by atoms with Gasteiger partial charge in [-0.1, -0.05) is 18.7 Å². The van der Waals surface area contributed by atoms with Crippen LogP contribution in [0.2, 0.25) is 0 Å². The number of rotatable bonds is 11. The van der Waals surface area contributed by atoms with E-state index in [1.165, 1.54) is 5.56 Å². The molecule has 0 fully saturated rings. The lowest BCUT2D eigenvalue weighted by Gasteiger charge is -2.29. The standard InChI is InChI=1S/C19H31NO3/c1-7-22-16(3)19(4,5)23-18-10-9-17(13-15(18)2)14-20-11-8-12-21-6/h9-10,13,20H,3,7-8,11-12,14H2,1-2,4-6H3. The van der Waals surface area contributed by atoms with Gasteiger partial charge in [-0.25, -0.2) is 0 Å². The largest absolute Gasteiger partial charge is 0.495 e. The van der Waals surface area contributed by atoms with E-state index in [1.807, 2.05) is 26.8 Å². The van der Waals surface area contributed by atoms with Gasteiger partial charge in [0.25, 0.3) is 0 Å². The molecule has 0 atom stereocenters. The third-order valence-corrected chi connectivity index (χ3v) is 3.63. The third kappa shape index (κ3) is 6.63. The molecule has 0 aliphatic heterocycles. The molecule has 1 N–H and O–H groups in total. The molecular weight excluding hydrogens is 290 g/mol. The van der Waals surface area contributed by atoms with Crippen LogP contribution in [-0.4, -0.2) is 32.5 Å². The first kappa shape index (κ1) is 19.5. The third-order valence-electron chi connectivity index (χ3n) is 3.63. The summed E-state index contributed by atoms with van der Waals surface area (Å²) >= 11 is 0. The van der Waals surface area contributed by atoms with Crippen molar-refractivity contribution in [3.63, 3.8) is 0 Å². The van der Waals surface area contributed by atoms with Gasteiger partial charge in [-0.3, -0.25) is 0 Å². The van der Waals surface area contributed by atoms with E-state index in [4.69, 9.17) is 14.2 Å². The van der Waals surface area contributed by atoms with Crippen molar-refractivity contribution in [2.24, 2.45) is 0 Å². The molecule has 0 heterocycles. The number of nitrogens with one attached hydrogen (secondary N) is 1. The molecular formula is C19H31NO3. The maximum Gasteiger partial charge on any atom is 0.159 e. The molecule has 1 aromatic rings. The first-order valence-electron chi connectivity index (χ1n) is 8.21. The van der Waals surface area contributed by atoms with Crippen LogP contribution in [0.5, 0.6) is 5.75 Å². The summed E-state index contributed by atoms with van der Waals surface area (Å²) in [6.45, 7) is 15.1. The van der Waals surface area contributed by atoms with Gasteiger partial charge in [-0.2, -0.15) is 0 Å². The fraction of sp³-hybridized carbons (Fsp3) is 0.579. The number of aryl methyl sites for hydroxylation is 1. The lowest BCUT2D eigenvalue weighted by Crippen LogP contribution is -2.32. The summed E-state index contributed by atoms with van der Waals surface area (Å²) in [5.74, 6) is 1.50. The highest BCUT2D eigenvalue weighted by Gasteiger charge is 2.26. The maximum absolute atomic E-state index is 6.10. The van der Waals surface area contributed by atoms with Gasteiger partial charge in [-0.05, 0) is 57.9 Å². The van der Waals surface area contributed by atoms with Crippen LogP contribution < -0.4 is 10.1 Å². The summed E-state index contributed by atoms with van der Waals surface area (Å²) in [6, 6.07) is 6.26. The fourth-order valence-electron chi connectivity index (χ4n) is 2.19. The van der Waals surface area contributed by atoms with E-state index < -0.39 is 5.60 Å². The summed E-state index contributed by atoms with van der Waals surface area (Å²) in [5.41, 5.74) is 1.80. The monoisotopic (exact) mass is 321 g/mol. The van der Waals surface area contributed by atoms with Gasteiger partial charge in [0, 0.05) is 20.3 Å². The molecule has 23 heavy (non-hydrogen) atoms. The van der Waals surface area contributed by atoms with Gasteiger partial charge < -0.3 is 19.5 Å². The highest BCUT2D eigenvalue weighted by Crippen LogP contribution is 2.27. The summed E-state index contributed by atoms with van der Waals surface area (Å²) < 4.78 is 16.6. The van der Waals surface area contributed by atoms with Crippen molar-refractivity contribution in [2.75, 3.05) is 26.9 Å². The predicted octanol–water partition coefficient (Wildman–Crippen LogP) is 3.83. The van der Waals surface area contributed by atoms with Crippen molar-refractivity contribution in [1.29, 1.82) is 0 Å². The topological polar surface area (TPSA) is 39.7 Å². The molecule has 0 bridgehead atoms. The van der Waals surface area contributed by atoms with Gasteiger partial charge in [-0.15, -0.1) is 0 Å². The van der Waals surface area contributed by atoms with E-state index in [-0.39, 0.29) is 0 Å². The Morgan fingerprint density at radius 1 is 1.30 bits per heavy atom. The predicted molar refractivity (Wildman–Crippen MR) is 94.9 cm³/mol. The molecule has 0 radical (unpaired) electrons. The minimum absolute atomic E-state index is 0.555. The van der Waals surface area contributed by atoms with Gasteiger partial charge in [0.1, 0.15) is 11.5 Å². The Labute approximate surface area is 140 Å². The van der Waals surface area contributed by atoms with Crippen molar-refractivity contribution < 1.29 is 14.2 Å². The maximum atomic E-state index is 6.10. The van der Waals surface area contributed by atoms with Crippen molar-refractivity contribution in [3.8, 4) is 5.75 Å². The number of benzene rings is 1. The van der Waals surface area contributed by atoms with E-state index in [0.717, 1.165) is 37.4 Å². The normalized spacial score (nSPS) is 11.3. The molecule has 0 aliphatic carbocycles. The first-order valence-corrected chi connectivity index (χ1v) is 8.21. The van der Waals surface area contributed by atoms with Crippen LogP contribution in [0.1, 0.15) is 38.3 Å². The average molecular weight is 321 g/mol. The lowest BCUT2D eigenvalue weighted by molar-refractivity contribution is 0.0637. The molecule has 0 aliphatic rings. The summed E-state index contributed by atoms with van der Waals surface area (Å²) in [7, 11) is 1.73. The number of hydrogen-bond acceptors (Lipinski definition) is 4. The molecule has 0 saturated carbocycles. The Hall–Kier alpha value is -1.52. The van der Waals surface area contributed by atoms with Gasteiger partial charge in [0.15, 0.2) is 5.60 Å². The van der Waals surface area contributed by atoms with Crippen LogP contribution in [0.4, 0.5) is 0 Å². The molecule has 0 aromatic heterocycles. The van der Waals surface area contributed by atoms with Crippen molar-refractivity contribution in [1.82, 2.24) is 5.32 Å². The molecule has 1 aromatic carbocycles. The van der Waals surface area contributed by atoms with Crippen LogP contribution in [0.3, 0.4) is 0 Å². The Bertz CT molecular complexity index is 497. The van der Waals surface area contributed by atoms with Crippen LogP contribution >= 0.6 is 0 Å². The Morgan fingerprint density at radius 2 is 2.04 bits per heavy atom. The molecule has 0 amide bonds. The van der Waals surface area contributed by atoms with E-state index >= 15 is 0 Å². The second kappa shape index (κ2) is 9.58. The Balaban J connectivity index is 2.60. The molecule has 4 nitrogen and oxygen atoms in total. The minimum Gasteiger partial charge on any atom is -0.495 e. The lowest BCUT2D eigenvalue weighted by atomic mass is 10.1. The molecule has 0 spiro atoms. The minimum atomic E-state index is -0.555. The first-order chi connectivity index (χ1) is 10.9. The fourth-order valence-corrected chi connectivity index (χ4v) is 2.19. The summed E-state index contributed by atoms with van der Waals surface area (Å²) in [6.07, 6.45) is 1.02. The second-order valence-electron chi connectivity index (χ2n) is 6.09. The van der Waals surface area contributed by atoms with Crippen LogP contribution in [0.15, 0.2) is 30.5 Å². The second-order valence-corrected chi connectivity index (χ2v) is 6.09. The van der Waals surface area contributed by atoms with Crippen molar-refractivity contribution >= 4 is 0 Å². The summed E-state index contributed by atoms with van der Waals surface area (Å²) in [4.78, 5) is 0. The highest BCUT2D eigenvalue weighted by molar-refractivity contribution is 5.37. The molecule has 0 saturated heterocycles. The van der Waals surface area contributed by atoms with Gasteiger partial charge >= 0.3 is 0 Å². The quantitative estimate of drug-likeness (QED) is 0.497. The van der Waals surface area contributed by atoms with Crippen molar-refractivity contribution in [2.45, 2.75) is 46.3 Å². The zero-order valence-corrected chi connectivity index (χ0v) is 15.2. The van der Waals surface area contributed by atoms with Gasteiger partial charge in [0.2, 0.25) is 0 Å². The molecule has 1 rings (SSSR count). The van der Waals surface area contributed by atoms with Gasteiger partial charge in [0.05, 0.1) is 6.61 Å². The zero-order chi connectivity index (χ0) is 17.3. The van der Waals surface area contributed by atoms with Crippen LogP contribution in [-0.2, 0) is 16.0 Å². The Kier molecular flexibility index (Phi) is 8.13. The number of hydrogen-bond donors (Lipinski definition) is 1. The van der Waals surface area contributed by atoms with Crippen molar-refractivity contribution in [3.05, 3.63) is 41.7 Å². The van der Waals surface area contributed by atoms with Crippen LogP contribution in [0.25, 0.3) is 0 Å². The van der Waals surface area contributed by atoms with E-state index in [0.29, 0.717) is 12.4 Å². The highest BCUT2D eigenvalue weighted by atomic mass is 16.5.